The zero-order valence-corrected chi connectivity index (χ0v) is 7.45. The molecule has 0 aliphatic heterocycles. The first-order valence-corrected chi connectivity index (χ1v) is 4.12. The molecule has 0 saturated heterocycles. The van der Waals surface area contributed by atoms with Crippen LogP contribution in [0.3, 0.4) is 0 Å². The number of carbonyl (C=O) groups is 1. The van der Waals surface area contributed by atoms with E-state index in [1.807, 2.05) is 0 Å². The highest BCUT2D eigenvalue weighted by atomic mass is 79.9. The molecule has 0 saturated carbocycles. The van der Waals surface area contributed by atoms with Crippen LogP contribution in [0.4, 0.5) is 0 Å². The highest BCUT2D eigenvalue weighted by Gasteiger charge is 2.18. The summed E-state index contributed by atoms with van der Waals surface area (Å²) in [6, 6.07) is 0.985. The Morgan fingerprint density at radius 2 is 2.17 bits per heavy atom. The zero-order valence-electron chi connectivity index (χ0n) is 5.86. The van der Waals surface area contributed by atoms with Crippen LogP contribution < -0.4 is 0 Å². The normalized spacial score (nSPS) is 10.1. The fraction of sp³-hybridized carbons (Fsp3) is 0.167. The van der Waals surface area contributed by atoms with Crippen LogP contribution in [-0.2, 0) is 0 Å². The summed E-state index contributed by atoms with van der Waals surface area (Å²) in [5.41, 5.74) is -0.119. The molecular formula is C6H6BrNO4. The van der Waals surface area contributed by atoms with E-state index in [0.717, 1.165) is 6.07 Å². The van der Waals surface area contributed by atoms with Crippen LogP contribution in [0.5, 0.6) is 11.8 Å². The van der Waals surface area contributed by atoms with Gasteiger partial charge in [0.1, 0.15) is 0 Å². The number of Topliss-reactive ketones (excluding diaryl/α,β-unsaturated/α-hetero) is 1. The van der Waals surface area contributed by atoms with Gasteiger partial charge in [0.15, 0.2) is 5.78 Å². The van der Waals surface area contributed by atoms with Crippen molar-refractivity contribution in [2.24, 2.45) is 0 Å². The smallest absolute Gasteiger partial charge is 0.240 e. The van der Waals surface area contributed by atoms with Crippen molar-refractivity contribution in [2.75, 3.05) is 5.33 Å². The molecule has 12 heavy (non-hydrogen) atoms. The molecule has 1 aromatic heterocycles. The second kappa shape index (κ2) is 3.06. The Morgan fingerprint density at radius 3 is 2.50 bits per heavy atom. The predicted octanol–water partition coefficient (Wildman–Crippen LogP) is 0.714. The van der Waals surface area contributed by atoms with Gasteiger partial charge < -0.3 is 15.4 Å². The molecule has 0 atom stereocenters. The Morgan fingerprint density at radius 1 is 1.58 bits per heavy atom. The number of halogens is 1. The Bertz CT molecular complexity index is 320. The van der Waals surface area contributed by atoms with E-state index in [9.17, 15) is 4.79 Å². The molecule has 0 spiro atoms. The average molecular weight is 236 g/mol. The monoisotopic (exact) mass is 235 g/mol. The maximum Gasteiger partial charge on any atom is 0.240 e. The molecule has 0 radical (unpaired) electrons. The van der Waals surface area contributed by atoms with E-state index in [1.165, 1.54) is 0 Å². The van der Waals surface area contributed by atoms with E-state index in [1.54, 1.807) is 0 Å². The van der Waals surface area contributed by atoms with Gasteiger partial charge in [0.05, 0.1) is 10.9 Å². The molecule has 0 aliphatic carbocycles. The standard InChI is InChI=1S/C6H6BrNO4/c7-2-4(9)3-1-5(10)8(12)6(3)11/h1,10-12H,2H2. The van der Waals surface area contributed by atoms with Gasteiger partial charge in [-0.05, 0) is 0 Å². The SMILES string of the molecule is O=C(CBr)c1cc(O)n(O)c1O. The van der Waals surface area contributed by atoms with Crippen molar-refractivity contribution in [2.45, 2.75) is 0 Å². The Hall–Kier alpha value is -1.17. The molecule has 6 heteroatoms. The van der Waals surface area contributed by atoms with Crippen molar-refractivity contribution in [3.05, 3.63) is 11.6 Å². The van der Waals surface area contributed by atoms with Gasteiger partial charge in [-0.2, -0.15) is 0 Å². The number of ketones is 1. The molecule has 1 rings (SSSR count). The van der Waals surface area contributed by atoms with Crippen LogP contribution in [0.1, 0.15) is 10.4 Å². The topological polar surface area (TPSA) is 82.7 Å². The van der Waals surface area contributed by atoms with Crippen molar-refractivity contribution in [3.8, 4) is 11.8 Å². The number of aromatic nitrogens is 1. The number of rotatable bonds is 2. The lowest BCUT2D eigenvalue weighted by molar-refractivity contribution is 0.101. The summed E-state index contributed by atoms with van der Waals surface area (Å²) in [4.78, 5) is 11.0. The minimum absolute atomic E-state index is 0.0179. The van der Waals surface area contributed by atoms with Gasteiger partial charge in [-0.1, -0.05) is 15.9 Å². The third-order valence-corrected chi connectivity index (χ3v) is 1.86. The minimum atomic E-state index is -0.656. The van der Waals surface area contributed by atoms with Crippen LogP contribution in [0.25, 0.3) is 0 Å². The number of alkyl halides is 1. The highest BCUT2D eigenvalue weighted by Crippen LogP contribution is 2.25. The van der Waals surface area contributed by atoms with E-state index < -0.39 is 17.5 Å². The molecule has 0 unspecified atom stereocenters. The van der Waals surface area contributed by atoms with Gasteiger partial charge >= 0.3 is 0 Å². The number of hydrogen-bond donors (Lipinski definition) is 3. The third kappa shape index (κ3) is 1.25. The van der Waals surface area contributed by atoms with Crippen LogP contribution in [0.2, 0.25) is 0 Å². The molecule has 5 nitrogen and oxygen atoms in total. The van der Waals surface area contributed by atoms with Crippen LogP contribution in [0, 0.1) is 0 Å². The third-order valence-electron chi connectivity index (χ3n) is 1.35. The second-order valence-corrected chi connectivity index (χ2v) is 2.67. The molecule has 1 heterocycles. The summed E-state index contributed by atoms with van der Waals surface area (Å²) in [7, 11) is 0. The zero-order chi connectivity index (χ0) is 9.30. The Balaban J connectivity index is 3.17. The van der Waals surface area contributed by atoms with Gasteiger partial charge in [-0.15, -0.1) is 4.73 Å². The summed E-state index contributed by atoms with van der Waals surface area (Å²) in [6.45, 7) is 0. The molecule has 0 aliphatic rings. The molecule has 1 aromatic rings. The quantitative estimate of drug-likeness (QED) is 0.401. The van der Waals surface area contributed by atoms with Gasteiger partial charge in [0, 0.05) is 6.07 Å². The molecular weight excluding hydrogens is 230 g/mol. The molecule has 3 N–H and O–H groups in total. The largest absolute Gasteiger partial charge is 0.492 e. The Kier molecular flexibility index (Phi) is 2.27. The lowest BCUT2D eigenvalue weighted by atomic mass is 10.2. The van der Waals surface area contributed by atoms with Crippen LogP contribution in [-0.4, -0.2) is 31.3 Å². The maximum absolute atomic E-state index is 11.0. The van der Waals surface area contributed by atoms with Crippen molar-refractivity contribution in [3.63, 3.8) is 0 Å². The first kappa shape index (κ1) is 8.92. The number of carbonyl (C=O) groups excluding carboxylic acids is 1. The predicted molar refractivity (Wildman–Crippen MR) is 43.1 cm³/mol. The molecule has 0 aromatic carbocycles. The van der Waals surface area contributed by atoms with Crippen molar-refractivity contribution in [1.82, 2.24) is 4.73 Å². The number of hydrogen-bond acceptors (Lipinski definition) is 4. The summed E-state index contributed by atoms with van der Waals surface area (Å²) >= 11 is 2.89. The molecule has 66 valence electrons. The molecule has 0 fully saturated rings. The van der Waals surface area contributed by atoms with E-state index in [2.05, 4.69) is 15.9 Å². The summed E-state index contributed by atoms with van der Waals surface area (Å²) in [5.74, 6) is -1.65. The van der Waals surface area contributed by atoms with Crippen LogP contribution >= 0.6 is 15.9 Å². The second-order valence-electron chi connectivity index (χ2n) is 2.11. The number of nitrogens with zero attached hydrogens (tertiary/aromatic N) is 1. The van der Waals surface area contributed by atoms with Gasteiger partial charge in [0.2, 0.25) is 11.8 Å². The van der Waals surface area contributed by atoms with Gasteiger partial charge in [-0.25, -0.2) is 0 Å². The molecule has 0 bridgehead atoms. The van der Waals surface area contributed by atoms with Gasteiger partial charge in [-0.3, -0.25) is 4.79 Å². The Labute approximate surface area is 75.9 Å². The summed E-state index contributed by atoms with van der Waals surface area (Å²) in [5, 5.41) is 26.7. The summed E-state index contributed by atoms with van der Waals surface area (Å²) in [6.07, 6.45) is 0. The minimum Gasteiger partial charge on any atom is -0.492 e. The first-order valence-electron chi connectivity index (χ1n) is 3.00. The summed E-state index contributed by atoms with van der Waals surface area (Å²) < 4.78 is 0.135. The highest BCUT2D eigenvalue weighted by molar-refractivity contribution is 9.09. The van der Waals surface area contributed by atoms with Crippen molar-refractivity contribution >= 4 is 21.7 Å². The van der Waals surface area contributed by atoms with E-state index >= 15 is 0 Å². The first-order chi connectivity index (χ1) is 5.57. The fourth-order valence-electron chi connectivity index (χ4n) is 0.755. The average Bonchev–Trinajstić information content (AvgIpc) is 2.32. The maximum atomic E-state index is 11.0. The lowest BCUT2D eigenvalue weighted by Gasteiger charge is -1.95. The van der Waals surface area contributed by atoms with E-state index in [0.29, 0.717) is 0 Å². The van der Waals surface area contributed by atoms with Crippen LogP contribution in [0.15, 0.2) is 6.07 Å². The van der Waals surface area contributed by atoms with E-state index in [-0.39, 0.29) is 15.6 Å². The van der Waals surface area contributed by atoms with E-state index in [4.69, 9.17) is 15.4 Å². The number of aromatic hydroxyl groups is 2. The molecule has 0 amide bonds. The fourth-order valence-corrected chi connectivity index (χ4v) is 1.06. The van der Waals surface area contributed by atoms with Gasteiger partial charge in [0.25, 0.3) is 0 Å². The lowest BCUT2D eigenvalue weighted by Crippen LogP contribution is -1.99. The van der Waals surface area contributed by atoms with Crippen molar-refractivity contribution < 1.29 is 20.2 Å². The van der Waals surface area contributed by atoms with Crippen molar-refractivity contribution in [1.29, 1.82) is 0 Å².